The van der Waals surface area contributed by atoms with Crippen LogP contribution in [0.3, 0.4) is 0 Å². The Labute approximate surface area is 469 Å². The van der Waals surface area contributed by atoms with Crippen molar-refractivity contribution in [1.29, 1.82) is 0 Å². The van der Waals surface area contributed by atoms with E-state index in [1.807, 2.05) is 0 Å². The Balaban J connectivity index is 2.22. The normalized spacial score (nSPS) is 19.5. The van der Waals surface area contributed by atoms with E-state index < -0.39 is 74.2 Å². The molecule has 9 atom stereocenters. The Morgan fingerprint density at radius 3 is 0.974 bits per heavy atom. The molecule has 0 spiro atoms. The van der Waals surface area contributed by atoms with Gasteiger partial charge in [0.05, 0.1) is 25.4 Å². The Morgan fingerprint density at radius 2 is 0.684 bits per heavy atom. The minimum absolute atomic E-state index is 0.267. The van der Waals surface area contributed by atoms with Gasteiger partial charge in [-0.1, -0.05) is 328 Å². The lowest BCUT2D eigenvalue weighted by Gasteiger charge is -2.40. The number of aliphatic hydroxyl groups excluding tert-OH is 7. The van der Waals surface area contributed by atoms with Crippen molar-refractivity contribution >= 4 is 5.91 Å². The van der Waals surface area contributed by atoms with Gasteiger partial charge in [-0.25, -0.2) is 0 Å². The van der Waals surface area contributed by atoms with Crippen LogP contribution in [-0.2, 0) is 14.3 Å². The molecule has 8 N–H and O–H groups in total. The van der Waals surface area contributed by atoms with Crippen LogP contribution in [0, 0.1) is 0 Å². The predicted molar refractivity (Wildman–Crippen MR) is 316 cm³/mol. The molecule has 76 heavy (non-hydrogen) atoms. The van der Waals surface area contributed by atoms with Crippen LogP contribution in [0.5, 0.6) is 0 Å². The van der Waals surface area contributed by atoms with Gasteiger partial charge in [0.2, 0.25) is 5.91 Å². The molecule has 11 heteroatoms. The van der Waals surface area contributed by atoms with E-state index in [2.05, 4.69) is 19.2 Å². The first-order chi connectivity index (χ1) is 37.2. The standard InChI is InChI=1S/C65H129NO10/c1-3-5-7-9-11-13-15-17-19-21-23-25-27-28-29-30-31-33-34-36-38-40-42-44-46-48-50-52-57(68)60(70)56(55-75-65-63(73)62(72)61(71)59(54-67)76-65)66-64(74)58(69)53-51-49-47-45-43-41-39-37-35-32-26-24-22-20-18-16-14-12-10-8-6-4-2/h56-63,65,67-73H,3-55H2,1-2H3,(H,66,74). The lowest BCUT2D eigenvalue weighted by Crippen LogP contribution is -2.60. The fourth-order valence-corrected chi connectivity index (χ4v) is 11.3. The predicted octanol–water partition coefficient (Wildman–Crippen LogP) is 15.3. The summed E-state index contributed by atoms with van der Waals surface area (Å²) in [5, 5.41) is 76.5. The van der Waals surface area contributed by atoms with Crippen molar-refractivity contribution in [2.24, 2.45) is 0 Å². The second-order valence-electron chi connectivity index (χ2n) is 23.9. The number of hydrogen-bond acceptors (Lipinski definition) is 10. The van der Waals surface area contributed by atoms with E-state index in [-0.39, 0.29) is 6.42 Å². The van der Waals surface area contributed by atoms with Gasteiger partial charge in [-0.3, -0.25) is 4.79 Å². The zero-order valence-corrected chi connectivity index (χ0v) is 50.0. The third kappa shape index (κ3) is 42.0. The minimum atomic E-state index is -1.66. The van der Waals surface area contributed by atoms with Crippen molar-refractivity contribution in [1.82, 2.24) is 5.32 Å². The molecule has 1 saturated heterocycles. The third-order valence-electron chi connectivity index (χ3n) is 16.7. The molecule has 1 aliphatic rings. The molecule has 0 aromatic carbocycles. The summed E-state index contributed by atoms with van der Waals surface area (Å²) in [6.07, 6.45) is 53.1. The minimum Gasteiger partial charge on any atom is -0.394 e. The van der Waals surface area contributed by atoms with E-state index in [1.54, 1.807) is 0 Å². The molecule has 0 bridgehead atoms. The Morgan fingerprint density at radius 1 is 0.408 bits per heavy atom. The fourth-order valence-electron chi connectivity index (χ4n) is 11.3. The van der Waals surface area contributed by atoms with Crippen LogP contribution in [0.25, 0.3) is 0 Å². The average Bonchev–Trinajstić information content (AvgIpc) is 3.42. The number of aliphatic hydroxyl groups is 7. The van der Waals surface area contributed by atoms with Crippen LogP contribution in [0.4, 0.5) is 0 Å². The van der Waals surface area contributed by atoms with Crippen molar-refractivity contribution in [3.8, 4) is 0 Å². The number of carbonyl (C=O) groups is 1. The van der Waals surface area contributed by atoms with Gasteiger partial charge in [-0.15, -0.1) is 0 Å². The number of carbonyl (C=O) groups excluding carboxylic acids is 1. The first-order valence-corrected chi connectivity index (χ1v) is 33.4. The van der Waals surface area contributed by atoms with E-state index in [4.69, 9.17) is 9.47 Å². The van der Waals surface area contributed by atoms with Crippen molar-refractivity contribution in [2.75, 3.05) is 13.2 Å². The summed E-state index contributed by atoms with van der Waals surface area (Å²) in [5.41, 5.74) is 0. The summed E-state index contributed by atoms with van der Waals surface area (Å²) < 4.78 is 11.2. The molecule has 1 rings (SSSR count). The van der Waals surface area contributed by atoms with Gasteiger partial charge in [0.1, 0.15) is 36.6 Å². The molecule has 9 unspecified atom stereocenters. The van der Waals surface area contributed by atoms with Crippen LogP contribution < -0.4 is 5.32 Å². The van der Waals surface area contributed by atoms with E-state index >= 15 is 0 Å². The van der Waals surface area contributed by atoms with Crippen molar-refractivity contribution in [3.05, 3.63) is 0 Å². The molecule has 1 heterocycles. The molecule has 0 aromatic rings. The Kier molecular flexibility index (Phi) is 52.6. The first-order valence-electron chi connectivity index (χ1n) is 33.4. The number of unbranched alkanes of at least 4 members (excludes halogenated alkanes) is 47. The summed E-state index contributed by atoms with van der Waals surface area (Å²) in [4.78, 5) is 13.2. The summed E-state index contributed by atoms with van der Waals surface area (Å²) >= 11 is 0. The average molecular weight is 1080 g/mol. The summed E-state index contributed by atoms with van der Waals surface area (Å²) in [6, 6.07) is -1.16. The van der Waals surface area contributed by atoms with Crippen molar-refractivity contribution in [2.45, 2.75) is 396 Å². The SMILES string of the molecule is CCCCCCCCCCCCCCCCCCCCCCCCCCCCCC(O)C(O)C(COC1OC(CO)C(O)C(O)C1O)NC(=O)C(O)CCCCCCCCCCCCCCCCCCCCCCCC. The molecule has 454 valence electrons. The van der Waals surface area contributed by atoms with E-state index in [1.165, 1.54) is 263 Å². The summed E-state index contributed by atoms with van der Waals surface area (Å²) in [5.74, 6) is -0.687. The molecule has 1 fully saturated rings. The molecule has 11 nitrogen and oxygen atoms in total. The second-order valence-corrected chi connectivity index (χ2v) is 23.9. The maximum absolute atomic E-state index is 13.2. The van der Waals surface area contributed by atoms with Crippen LogP contribution in [0.15, 0.2) is 0 Å². The maximum atomic E-state index is 13.2. The van der Waals surface area contributed by atoms with E-state index in [0.717, 1.165) is 38.5 Å². The second kappa shape index (κ2) is 54.7. The van der Waals surface area contributed by atoms with Gasteiger partial charge >= 0.3 is 0 Å². The number of amides is 1. The monoisotopic (exact) mass is 1080 g/mol. The van der Waals surface area contributed by atoms with E-state index in [0.29, 0.717) is 19.3 Å². The molecular weight excluding hydrogens is 955 g/mol. The van der Waals surface area contributed by atoms with Crippen LogP contribution in [0.2, 0.25) is 0 Å². The zero-order chi connectivity index (χ0) is 55.4. The first kappa shape index (κ1) is 73.1. The summed E-state index contributed by atoms with van der Waals surface area (Å²) in [6.45, 7) is 3.52. The highest BCUT2D eigenvalue weighted by Crippen LogP contribution is 2.24. The fraction of sp³-hybridized carbons (Fsp3) is 0.985. The number of ether oxygens (including phenoxy) is 2. The molecular formula is C65H129NO10. The number of nitrogens with one attached hydrogen (secondary N) is 1. The number of hydrogen-bond donors (Lipinski definition) is 8. The van der Waals surface area contributed by atoms with Gasteiger partial charge in [0.25, 0.3) is 0 Å². The molecule has 1 amide bonds. The molecule has 0 radical (unpaired) electrons. The topological polar surface area (TPSA) is 189 Å². The van der Waals surface area contributed by atoms with Crippen LogP contribution >= 0.6 is 0 Å². The smallest absolute Gasteiger partial charge is 0.249 e. The Bertz CT molecular complexity index is 1200. The lowest BCUT2D eigenvalue weighted by atomic mass is 9.98. The molecule has 0 aliphatic carbocycles. The highest BCUT2D eigenvalue weighted by atomic mass is 16.7. The van der Waals surface area contributed by atoms with Gasteiger partial charge in [-0.2, -0.15) is 0 Å². The zero-order valence-electron chi connectivity index (χ0n) is 50.0. The molecule has 1 aliphatic heterocycles. The van der Waals surface area contributed by atoms with E-state index in [9.17, 15) is 40.5 Å². The van der Waals surface area contributed by atoms with Crippen LogP contribution in [-0.4, -0.2) is 110 Å². The molecule has 0 saturated carbocycles. The quantitative estimate of drug-likeness (QED) is 0.0272. The van der Waals surface area contributed by atoms with Gasteiger partial charge in [0.15, 0.2) is 6.29 Å². The summed E-state index contributed by atoms with van der Waals surface area (Å²) in [7, 11) is 0. The van der Waals surface area contributed by atoms with Crippen LogP contribution in [0.1, 0.15) is 341 Å². The van der Waals surface area contributed by atoms with Crippen molar-refractivity contribution < 1.29 is 50.0 Å². The van der Waals surface area contributed by atoms with Crippen molar-refractivity contribution in [3.63, 3.8) is 0 Å². The van der Waals surface area contributed by atoms with Gasteiger partial charge in [0, 0.05) is 0 Å². The van der Waals surface area contributed by atoms with Gasteiger partial charge < -0.3 is 50.5 Å². The van der Waals surface area contributed by atoms with Gasteiger partial charge in [-0.05, 0) is 12.8 Å². The maximum Gasteiger partial charge on any atom is 0.249 e. The Hall–Kier alpha value is -0.890. The highest BCUT2D eigenvalue weighted by Gasteiger charge is 2.44. The number of rotatable bonds is 59. The highest BCUT2D eigenvalue weighted by molar-refractivity contribution is 5.80. The lowest BCUT2D eigenvalue weighted by molar-refractivity contribution is -0.303. The largest absolute Gasteiger partial charge is 0.394 e. The molecule has 0 aromatic heterocycles. The third-order valence-corrected chi connectivity index (χ3v) is 16.7.